The summed E-state index contributed by atoms with van der Waals surface area (Å²) in [6.07, 6.45) is 0. The van der Waals surface area contributed by atoms with E-state index in [0.29, 0.717) is 0 Å². The maximum absolute atomic E-state index is 12.8. The van der Waals surface area contributed by atoms with Crippen LogP contribution < -0.4 is 0 Å². The Morgan fingerprint density at radius 3 is 2.69 bits per heavy atom. The highest BCUT2D eigenvalue weighted by Gasteiger charge is 2.18. The van der Waals surface area contributed by atoms with E-state index in [2.05, 4.69) is 4.98 Å². The first-order valence-electron chi connectivity index (χ1n) is 4.68. The molecule has 5 nitrogen and oxygen atoms in total. The van der Waals surface area contributed by atoms with Gasteiger partial charge >= 0.3 is 5.97 Å². The van der Waals surface area contributed by atoms with Crippen LogP contribution in [0.1, 0.15) is 17.4 Å². The van der Waals surface area contributed by atoms with Crippen LogP contribution in [0.4, 0.5) is 4.39 Å². The molecular formula is C10H11FN2O3. The number of amides is 1. The van der Waals surface area contributed by atoms with E-state index in [1.54, 1.807) is 6.92 Å². The fourth-order valence-electron chi connectivity index (χ4n) is 1.18. The van der Waals surface area contributed by atoms with Gasteiger partial charge in [-0.25, -0.2) is 4.98 Å². The molecule has 16 heavy (non-hydrogen) atoms. The molecule has 0 atom stereocenters. The molecule has 6 heteroatoms. The molecule has 0 saturated heterocycles. The van der Waals surface area contributed by atoms with Gasteiger partial charge < -0.3 is 10.0 Å². The van der Waals surface area contributed by atoms with Crippen molar-refractivity contribution in [3.05, 3.63) is 29.8 Å². The van der Waals surface area contributed by atoms with E-state index >= 15 is 0 Å². The van der Waals surface area contributed by atoms with Crippen molar-refractivity contribution in [3.8, 4) is 0 Å². The molecular weight excluding hydrogens is 215 g/mol. The lowest BCUT2D eigenvalue weighted by atomic mass is 10.3. The van der Waals surface area contributed by atoms with E-state index in [1.807, 2.05) is 0 Å². The minimum atomic E-state index is -1.12. The zero-order valence-corrected chi connectivity index (χ0v) is 8.68. The molecule has 1 rings (SSSR count). The minimum absolute atomic E-state index is 0.0944. The van der Waals surface area contributed by atoms with E-state index in [1.165, 1.54) is 12.1 Å². The molecule has 1 amide bonds. The largest absolute Gasteiger partial charge is 0.480 e. The van der Waals surface area contributed by atoms with Gasteiger partial charge in [0.05, 0.1) is 0 Å². The zero-order valence-electron chi connectivity index (χ0n) is 8.68. The molecule has 0 fully saturated rings. The lowest BCUT2D eigenvalue weighted by Crippen LogP contribution is -2.36. The summed E-state index contributed by atoms with van der Waals surface area (Å²) in [4.78, 5) is 26.7. The van der Waals surface area contributed by atoms with Gasteiger partial charge in [-0.05, 0) is 19.1 Å². The molecule has 1 N–H and O–H groups in total. The number of pyridine rings is 1. The highest BCUT2D eigenvalue weighted by Crippen LogP contribution is 2.03. The van der Waals surface area contributed by atoms with Crippen LogP contribution >= 0.6 is 0 Å². The fourth-order valence-corrected chi connectivity index (χ4v) is 1.18. The van der Waals surface area contributed by atoms with Crippen LogP contribution in [-0.2, 0) is 4.79 Å². The summed E-state index contributed by atoms with van der Waals surface area (Å²) < 4.78 is 12.8. The van der Waals surface area contributed by atoms with Crippen molar-refractivity contribution in [3.63, 3.8) is 0 Å². The summed E-state index contributed by atoms with van der Waals surface area (Å²) in [5, 5.41) is 8.58. The van der Waals surface area contributed by atoms with E-state index in [9.17, 15) is 14.0 Å². The molecule has 0 radical (unpaired) electrons. The van der Waals surface area contributed by atoms with Crippen LogP contribution in [-0.4, -0.2) is 40.0 Å². The normalized spacial score (nSPS) is 9.88. The van der Waals surface area contributed by atoms with Crippen LogP contribution in [0.25, 0.3) is 0 Å². The number of nitrogens with zero attached hydrogens (tertiary/aromatic N) is 2. The highest BCUT2D eigenvalue weighted by molar-refractivity contribution is 5.94. The minimum Gasteiger partial charge on any atom is -0.480 e. The Kier molecular flexibility index (Phi) is 3.93. The van der Waals surface area contributed by atoms with Crippen molar-refractivity contribution in [2.45, 2.75) is 6.92 Å². The van der Waals surface area contributed by atoms with Crippen molar-refractivity contribution >= 4 is 11.9 Å². The predicted molar refractivity (Wildman–Crippen MR) is 53.4 cm³/mol. The molecule has 1 aromatic rings. The number of hydrogen-bond donors (Lipinski definition) is 1. The van der Waals surface area contributed by atoms with Gasteiger partial charge in [-0.1, -0.05) is 6.07 Å². The number of carbonyl (C=O) groups excluding carboxylic acids is 1. The van der Waals surface area contributed by atoms with Gasteiger partial charge in [-0.15, -0.1) is 0 Å². The van der Waals surface area contributed by atoms with Gasteiger partial charge in [0.1, 0.15) is 12.2 Å². The summed E-state index contributed by atoms with van der Waals surface area (Å²) in [6.45, 7) is 1.44. The van der Waals surface area contributed by atoms with Crippen LogP contribution in [0.3, 0.4) is 0 Å². The first kappa shape index (κ1) is 12.1. The highest BCUT2D eigenvalue weighted by atomic mass is 19.1. The van der Waals surface area contributed by atoms with Crippen molar-refractivity contribution in [1.29, 1.82) is 0 Å². The Hall–Kier alpha value is -1.98. The molecule has 1 heterocycles. The second kappa shape index (κ2) is 5.20. The summed E-state index contributed by atoms with van der Waals surface area (Å²) in [5.74, 6) is -2.48. The van der Waals surface area contributed by atoms with E-state index < -0.39 is 24.4 Å². The summed E-state index contributed by atoms with van der Waals surface area (Å²) in [5.41, 5.74) is -0.0944. The summed E-state index contributed by atoms with van der Waals surface area (Å²) in [6, 6.07) is 3.81. The third-order valence-corrected chi connectivity index (χ3v) is 1.93. The molecule has 0 aliphatic rings. The average molecular weight is 226 g/mol. The topological polar surface area (TPSA) is 70.5 Å². The molecule has 0 aliphatic carbocycles. The SMILES string of the molecule is CCN(CC(=O)O)C(=O)c1cccc(F)n1. The number of likely N-dealkylation sites (N-methyl/N-ethyl adjacent to an activating group) is 1. The maximum atomic E-state index is 12.8. The number of carboxylic acids is 1. The number of halogens is 1. The Morgan fingerprint density at radius 1 is 1.50 bits per heavy atom. The van der Waals surface area contributed by atoms with Crippen LogP contribution in [0.5, 0.6) is 0 Å². The predicted octanol–water partition coefficient (Wildman–Crippen LogP) is 0.767. The molecule has 0 spiro atoms. The number of aromatic nitrogens is 1. The fraction of sp³-hybridized carbons (Fsp3) is 0.300. The lowest BCUT2D eigenvalue weighted by Gasteiger charge is -2.17. The zero-order chi connectivity index (χ0) is 12.1. The maximum Gasteiger partial charge on any atom is 0.323 e. The molecule has 0 aromatic carbocycles. The Bertz CT molecular complexity index is 409. The van der Waals surface area contributed by atoms with E-state index in [4.69, 9.17) is 5.11 Å². The van der Waals surface area contributed by atoms with E-state index in [0.717, 1.165) is 11.0 Å². The van der Waals surface area contributed by atoms with Gasteiger partial charge in [-0.2, -0.15) is 4.39 Å². The van der Waals surface area contributed by atoms with Crippen LogP contribution in [0.2, 0.25) is 0 Å². The second-order valence-electron chi connectivity index (χ2n) is 3.06. The lowest BCUT2D eigenvalue weighted by molar-refractivity contribution is -0.137. The summed E-state index contributed by atoms with van der Waals surface area (Å²) in [7, 11) is 0. The third kappa shape index (κ3) is 3.01. The van der Waals surface area contributed by atoms with Crippen molar-refractivity contribution in [2.24, 2.45) is 0 Å². The van der Waals surface area contributed by atoms with Crippen LogP contribution in [0, 0.1) is 5.95 Å². The Balaban J connectivity index is 2.86. The number of carbonyl (C=O) groups is 2. The third-order valence-electron chi connectivity index (χ3n) is 1.93. The average Bonchev–Trinajstić information content (AvgIpc) is 2.24. The van der Waals surface area contributed by atoms with Gasteiger partial charge in [-0.3, -0.25) is 9.59 Å². The smallest absolute Gasteiger partial charge is 0.323 e. The molecule has 1 aromatic heterocycles. The first-order chi connectivity index (χ1) is 7.54. The van der Waals surface area contributed by atoms with Crippen LogP contribution in [0.15, 0.2) is 18.2 Å². The van der Waals surface area contributed by atoms with Gasteiger partial charge in [0.15, 0.2) is 0 Å². The van der Waals surface area contributed by atoms with E-state index in [-0.39, 0.29) is 12.2 Å². The number of rotatable bonds is 4. The number of carboxylic acid groups (broad SMARTS) is 1. The van der Waals surface area contributed by atoms with Gasteiger partial charge in [0, 0.05) is 6.54 Å². The molecule has 0 unspecified atom stereocenters. The molecule has 0 saturated carbocycles. The Morgan fingerprint density at radius 2 is 2.19 bits per heavy atom. The van der Waals surface area contributed by atoms with Crippen molar-refractivity contribution in [2.75, 3.05) is 13.1 Å². The number of hydrogen-bond acceptors (Lipinski definition) is 3. The van der Waals surface area contributed by atoms with Gasteiger partial charge in [0.2, 0.25) is 5.95 Å². The van der Waals surface area contributed by atoms with Crippen molar-refractivity contribution in [1.82, 2.24) is 9.88 Å². The Labute approximate surface area is 91.5 Å². The number of aliphatic carboxylic acids is 1. The molecule has 0 aliphatic heterocycles. The molecule has 86 valence electrons. The van der Waals surface area contributed by atoms with Crippen molar-refractivity contribution < 1.29 is 19.1 Å². The molecule has 0 bridgehead atoms. The quantitative estimate of drug-likeness (QED) is 0.770. The summed E-state index contributed by atoms with van der Waals surface area (Å²) >= 11 is 0. The standard InChI is InChI=1S/C10H11FN2O3/c1-2-13(6-9(14)15)10(16)7-4-3-5-8(11)12-7/h3-5H,2,6H2,1H3,(H,14,15). The second-order valence-corrected chi connectivity index (χ2v) is 3.06. The monoisotopic (exact) mass is 226 g/mol. The van der Waals surface area contributed by atoms with Gasteiger partial charge in [0.25, 0.3) is 5.91 Å². The first-order valence-corrected chi connectivity index (χ1v) is 4.68.